The molecule has 0 heterocycles. The van der Waals surface area contributed by atoms with Crippen LogP contribution >= 0.6 is 0 Å². The van der Waals surface area contributed by atoms with E-state index >= 15 is 0 Å². The molecular formula is C16H30SiTi. The van der Waals surface area contributed by atoms with Crippen molar-refractivity contribution < 1.29 is 16.6 Å². The average molecular weight is 298 g/mol. The van der Waals surface area contributed by atoms with Crippen molar-refractivity contribution in [3.05, 3.63) is 22.8 Å². The van der Waals surface area contributed by atoms with Crippen LogP contribution in [-0.2, 0) is 16.6 Å². The molecule has 0 spiro atoms. The fraction of sp³-hybridized carbons (Fsp3) is 0.750. The summed E-state index contributed by atoms with van der Waals surface area (Å²) < 4.78 is 0.937. The maximum atomic E-state index is 2.65. The zero-order valence-electron chi connectivity index (χ0n) is 13.2. The summed E-state index contributed by atoms with van der Waals surface area (Å²) in [5.41, 5.74) is 5.51. The van der Waals surface area contributed by atoms with Gasteiger partial charge >= 0.3 is 119 Å². The standard InChI is InChI=1S/C13H21Si.3CH3.Ti/c1-14(2,3)10-11-8-12-6-4-5-7-13(12)9-11;;;;/h8-9H,4-7,10H2,1-3H3;3*1H3;. The molecule has 0 fully saturated rings. The van der Waals surface area contributed by atoms with Gasteiger partial charge in [-0.05, 0) is 0 Å². The quantitative estimate of drug-likeness (QED) is 0.542. The van der Waals surface area contributed by atoms with E-state index in [-0.39, 0.29) is 0 Å². The Morgan fingerprint density at radius 2 is 1.72 bits per heavy atom. The molecule has 0 bridgehead atoms. The Morgan fingerprint density at radius 3 is 2.28 bits per heavy atom. The van der Waals surface area contributed by atoms with E-state index in [1.165, 1.54) is 31.7 Å². The Bertz CT molecular complexity index is 390. The Labute approximate surface area is 118 Å². The molecule has 2 rings (SSSR count). The second kappa shape index (κ2) is 5.07. The van der Waals surface area contributed by atoms with Crippen LogP contribution in [-0.4, -0.2) is 8.07 Å². The van der Waals surface area contributed by atoms with Crippen molar-refractivity contribution in [2.24, 2.45) is 0 Å². The summed E-state index contributed by atoms with van der Waals surface area (Å²) in [5, 5.41) is 7.85. The predicted molar refractivity (Wildman–Crippen MR) is 83.1 cm³/mol. The summed E-state index contributed by atoms with van der Waals surface area (Å²) in [6, 6.07) is 1.44. The summed E-state index contributed by atoms with van der Waals surface area (Å²) in [4.78, 5) is 0. The number of hydrogen-bond acceptors (Lipinski definition) is 0. The molecule has 0 N–H and O–H groups in total. The van der Waals surface area contributed by atoms with Crippen molar-refractivity contribution in [1.29, 1.82) is 0 Å². The van der Waals surface area contributed by atoms with Gasteiger partial charge in [-0.15, -0.1) is 0 Å². The molecular weight excluding hydrogens is 268 g/mol. The number of rotatable bonds is 3. The van der Waals surface area contributed by atoms with Gasteiger partial charge in [-0.1, -0.05) is 0 Å². The van der Waals surface area contributed by atoms with Crippen molar-refractivity contribution >= 4 is 8.07 Å². The van der Waals surface area contributed by atoms with E-state index in [0.29, 0.717) is 0 Å². The van der Waals surface area contributed by atoms with Crippen LogP contribution in [0, 0.1) is 0 Å². The van der Waals surface area contributed by atoms with E-state index in [9.17, 15) is 0 Å². The van der Waals surface area contributed by atoms with Gasteiger partial charge in [0.15, 0.2) is 0 Å². The molecule has 0 saturated heterocycles. The van der Waals surface area contributed by atoms with Gasteiger partial charge in [0.05, 0.1) is 0 Å². The van der Waals surface area contributed by atoms with Gasteiger partial charge < -0.3 is 0 Å². The molecule has 2 aliphatic carbocycles. The summed E-state index contributed by atoms with van der Waals surface area (Å²) in [6.07, 6.45) is 8.31. The van der Waals surface area contributed by atoms with E-state index < -0.39 is 24.7 Å². The number of hydrogen-bond donors (Lipinski definition) is 0. The molecule has 0 saturated carbocycles. The van der Waals surface area contributed by atoms with E-state index in [0.717, 1.165) is 4.22 Å². The fourth-order valence-corrected chi connectivity index (χ4v) is 9.85. The summed E-state index contributed by atoms with van der Waals surface area (Å²) in [7, 11) is -0.972. The van der Waals surface area contributed by atoms with E-state index in [1.54, 1.807) is 5.57 Å². The summed E-state index contributed by atoms with van der Waals surface area (Å²) in [5.74, 6) is 0. The van der Waals surface area contributed by atoms with Gasteiger partial charge in [0.1, 0.15) is 0 Å². The third-order valence-corrected chi connectivity index (χ3v) is 9.53. The van der Waals surface area contributed by atoms with Gasteiger partial charge in [-0.2, -0.15) is 0 Å². The van der Waals surface area contributed by atoms with Crippen LogP contribution in [0.15, 0.2) is 22.8 Å². The summed E-state index contributed by atoms with van der Waals surface area (Å²) in [6.45, 7) is 7.58. The van der Waals surface area contributed by atoms with Gasteiger partial charge in [0.2, 0.25) is 0 Å². The average Bonchev–Trinajstić information content (AvgIpc) is 2.50. The SMILES string of the molecule is C[Si](C)(C)CC1=CC2=C(CCCC2)[CH]1[Ti]([CH3])([CH3])[CH3]. The zero-order chi connectivity index (χ0) is 13.6. The van der Waals surface area contributed by atoms with Crippen LogP contribution in [0.5, 0.6) is 0 Å². The van der Waals surface area contributed by atoms with Crippen molar-refractivity contribution in [3.8, 4) is 0 Å². The topological polar surface area (TPSA) is 0 Å². The molecule has 18 heavy (non-hydrogen) atoms. The van der Waals surface area contributed by atoms with Crippen LogP contribution in [0.25, 0.3) is 0 Å². The first-order valence-corrected chi connectivity index (χ1v) is 16.9. The molecule has 0 aliphatic heterocycles. The second-order valence-corrected chi connectivity index (χ2v) is 22.3. The minimum atomic E-state index is -1.62. The van der Waals surface area contributed by atoms with E-state index in [1.807, 2.05) is 11.1 Å². The maximum absolute atomic E-state index is 2.65. The predicted octanol–water partition coefficient (Wildman–Crippen LogP) is 6.22. The van der Waals surface area contributed by atoms with E-state index in [4.69, 9.17) is 0 Å². The van der Waals surface area contributed by atoms with Crippen molar-refractivity contribution in [2.75, 3.05) is 0 Å². The van der Waals surface area contributed by atoms with Crippen molar-refractivity contribution in [1.82, 2.24) is 0 Å². The first-order valence-electron chi connectivity index (χ1n) is 7.61. The van der Waals surface area contributed by atoms with Gasteiger partial charge in [0, 0.05) is 0 Å². The Hall–Kier alpha value is 0.411. The minimum absolute atomic E-state index is 0.937. The molecule has 1 atom stereocenters. The van der Waals surface area contributed by atoms with E-state index in [2.05, 4.69) is 41.4 Å². The molecule has 2 aliphatic rings. The first kappa shape index (κ1) is 14.8. The molecule has 0 amide bonds. The Kier molecular flexibility index (Phi) is 4.17. The van der Waals surface area contributed by atoms with Gasteiger partial charge in [-0.3, -0.25) is 0 Å². The van der Waals surface area contributed by atoms with Crippen molar-refractivity contribution in [2.45, 2.75) is 71.3 Å². The molecule has 2 heteroatoms. The first-order chi connectivity index (χ1) is 8.18. The molecule has 0 aromatic carbocycles. The fourth-order valence-electron chi connectivity index (χ4n) is 3.82. The molecule has 1 unspecified atom stereocenters. The zero-order valence-corrected chi connectivity index (χ0v) is 15.8. The second-order valence-electron chi connectivity index (χ2n) is 8.51. The normalized spacial score (nSPS) is 25.2. The molecule has 102 valence electrons. The van der Waals surface area contributed by atoms with Crippen LogP contribution in [0.2, 0.25) is 45.6 Å². The number of allylic oxidation sites excluding steroid dienone is 4. The monoisotopic (exact) mass is 298 g/mol. The molecule has 0 aromatic rings. The Morgan fingerprint density at radius 1 is 1.11 bits per heavy atom. The van der Waals surface area contributed by atoms with Crippen LogP contribution in [0.3, 0.4) is 0 Å². The van der Waals surface area contributed by atoms with Crippen LogP contribution in [0.1, 0.15) is 25.7 Å². The Balaban J connectivity index is 2.31. The van der Waals surface area contributed by atoms with Crippen LogP contribution < -0.4 is 0 Å². The third-order valence-electron chi connectivity index (χ3n) is 4.23. The molecule has 0 radical (unpaired) electrons. The van der Waals surface area contributed by atoms with Crippen molar-refractivity contribution in [3.63, 3.8) is 0 Å². The summed E-state index contributed by atoms with van der Waals surface area (Å²) >= 11 is -1.62. The van der Waals surface area contributed by atoms with Crippen LogP contribution in [0.4, 0.5) is 0 Å². The van der Waals surface area contributed by atoms with Gasteiger partial charge in [0.25, 0.3) is 0 Å². The molecule has 0 aromatic heterocycles. The molecule has 0 nitrogen and oxygen atoms in total. The third kappa shape index (κ3) is 3.29. The van der Waals surface area contributed by atoms with Gasteiger partial charge in [-0.25, -0.2) is 0 Å².